The third-order valence-electron chi connectivity index (χ3n) is 4.89. The molecule has 1 aliphatic heterocycles. The average Bonchev–Trinajstić information content (AvgIpc) is 2.75. The first-order chi connectivity index (χ1) is 15.6. The molecule has 1 N–H and O–H groups in total. The van der Waals surface area contributed by atoms with Gasteiger partial charge >= 0.3 is 6.09 Å². The summed E-state index contributed by atoms with van der Waals surface area (Å²) in [7, 11) is 1.46. The van der Waals surface area contributed by atoms with Crippen molar-refractivity contribution < 1.29 is 23.5 Å². The number of rotatable bonds is 5. The Morgan fingerprint density at radius 2 is 2.03 bits per heavy atom. The molecule has 1 aromatic carbocycles. The summed E-state index contributed by atoms with van der Waals surface area (Å²) in [6.45, 7) is 6.32. The van der Waals surface area contributed by atoms with Gasteiger partial charge in [-0.3, -0.25) is 4.79 Å². The molecule has 3 rings (SSSR count). The van der Waals surface area contributed by atoms with Crippen LogP contribution in [0.1, 0.15) is 38.3 Å². The molecule has 0 fully saturated rings. The lowest BCUT2D eigenvalue weighted by atomic mass is 9.99. The molecule has 0 atom stereocenters. The van der Waals surface area contributed by atoms with Gasteiger partial charge in [0.2, 0.25) is 5.91 Å². The van der Waals surface area contributed by atoms with Gasteiger partial charge in [-0.15, -0.1) is 0 Å². The number of anilines is 1. The van der Waals surface area contributed by atoms with Gasteiger partial charge in [0.1, 0.15) is 28.0 Å². The minimum absolute atomic E-state index is 0.165. The first-order valence-electron chi connectivity index (χ1n) is 10.5. The van der Waals surface area contributed by atoms with Crippen LogP contribution in [-0.2, 0) is 16.0 Å². The van der Waals surface area contributed by atoms with Crippen LogP contribution in [0.3, 0.4) is 0 Å². The minimum Gasteiger partial charge on any atom is -0.495 e. The number of halogens is 2. The molecule has 0 aliphatic carbocycles. The van der Waals surface area contributed by atoms with E-state index in [1.165, 1.54) is 25.4 Å². The van der Waals surface area contributed by atoms with E-state index in [9.17, 15) is 14.0 Å². The number of carbonyl (C=O) groups is 2. The van der Waals surface area contributed by atoms with Crippen molar-refractivity contribution in [1.82, 2.24) is 9.88 Å². The lowest BCUT2D eigenvalue weighted by molar-refractivity contribution is -0.115. The molecule has 0 unspecified atom stereocenters. The first-order valence-corrected chi connectivity index (χ1v) is 10.9. The van der Waals surface area contributed by atoms with Crippen molar-refractivity contribution in [1.29, 1.82) is 0 Å². The zero-order valence-corrected chi connectivity index (χ0v) is 19.8. The van der Waals surface area contributed by atoms with Crippen molar-refractivity contribution >= 4 is 35.0 Å². The summed E-state index contributed by atoms with van der Waals surface area (Å²) in [4.78, 5) is 30.4. The van der Waals surface area contributed by atoms with Gasteiger partial charge in [0.15, 0.2) is 0 Å². The lowest BCUT2D eigenvalue weighted by Crippen LogP contribution is -2.39. The van der Waals surface area contributed by atoms with E-state index in [0.717, 1.165) is 5.57 Å². The van der Waals surface area contributed by atoms with Crippen LogP contribution in [0.15, 0.2) is 36.5 Å². The Balaban J connectivity index is 1.65. The highest BCUT2D eigenvalue weighted by Crippen LogP contribution is 2.26. The van der Waals surface area contributed by atoms with Crippen molar-refractivity contribution in [3.8, 4) is 5.75 Å². The van der Waals surface area contributed by atoms with Crippen molar-refractivity contribution in [3.63, 3.8) is 0 Å². The Morgan fingerprint density at radius 3 is 2.70 bits per heavy atom. The van der Waals surface area contributed by atoms with Crippen LogP contribution >= 0.6 is 11.6 Å². The van der Waals surface area contributed by atoms with Crippen LogP contribution < -0.4 is 10.1 Å². The van der Waals surface area contributed by atoms with Crippen LogP contribution in [0, 0.1) is 5.82 Å². The summed E-state index contributed by atoms with van der Waals surface area (Å²) in [5.74, 6) is -0.294. The minimum atomic E-state index is -0.584. The van der Waals surface area contributed by atoms with Gasteiger partial charge in [0, 0.05) is 19.2 Å². The second-order valence-corrected chi connectivity index (χ2v) is 9.06. The molecule has 33 heavy (non-hydrogen) atoms. The zero-order chi connectivity index (χ0) is 24.2. The summed E-state index contributed by atoms with van der Waals surface area (Å²) < 4.78 is 25.3. The Morgan fingerprint density at radius 1 is 1.27 bits per heavy atom. The van der Waals surface area contributed by atoms with Crippen molar-refractivity contribution in [2.24, 2.45) is 0 Å². The number of hydrogen-bond donors (Lipinski definition) is 1. The number of pyridine rings is 1. The molecular formula is C24H27ClFN3O4. The number of amides is 2. The van der Waals surface area contributed by atoms with Crippen molar-refractivity contribution in [3.05, 3.63) is 58.5 Å². The Labute approximate surface area is 197 Å². The number of nitrogens with one attached hydrogen (secondary N) is 1. The highest BCUT2D eigenvalue weighted by atomic mass is 35.5. The fourth-order valence-corrected chi connectivity index (χ4v) is 3.51. The smallest absolute Gasteiger partial charge is 0.410 e. The van der Waals surface area contributed by atoms with Crippen LogP contribution in [0.5, 0.6) is 5.75 Å². The van der Waals surface area contributed by atoms with E-state index in [4.69, 9.17) is 21.1 Å². The monoisotopic (exact) mass is 475 g/mol. The van der Waals surface area contributed by atoms with Crippen LogP contribution in [0.2, 0.25) is 5.02 Å². The van der Waals surface area contributed by atoms with Gasteiger partial charge < -0.3 is 19.7 Å². The number of hydrogen-bond acceptors (Lipinski definition) is 5. The molecule has 1 aromatic heterocycles. The quantitative estimate of drug-likeness (QED) is 0.651. The summed E-state index contributed by atoms with van der Waals surface area (Å²) in [6.07, 6.45) is 3.44. The maximum absolute atomic E-state index is 14.8. The van der Waals surface area contributed by atoms with Crippen LogP contribution in [0.25, 0.3) is 5.57 Å². The van der Waals surface area contributed by atoms with E-state index in [0.29, 0.717) is 35.8 Å². The molecule has 0 radical (unpaired) electrons. The third-order valence-corrected chi connectivity index (χ3v) is 5.17. The van der Waals surface area contributed by atoms with E-state index in [1.807, 2.05) is 26.8 Å². The van der Waals surface area contributed by atoms with Crippen LogP contribution in [-0.4, -0.2) is 47.7 Å². The maximum atomic E-state index is 14.8. The summed E-state index contributed by atoms with van der Waals surface area (Å²) >= 11 is 5.93. The first kappa shape index (κ1) is 24.5. The fourth-order valence-electron chi connectivity index (χ4n) is 3.33. The van der Waals surface area contributed by atoms with E-state index >= 15 is 0 Å². The third kappa shape index (κ3) is 6.68. The molecule has 1 aliphatic rings. The summed E-state index contributed by atoms with van der Waals surface area (Å²) in [5.41, 5.74) is 1.16. The molecule has 176 valence electrons. The molecular weight excluding hydrogens is 449 g/mol. The number of aromatic nitrogens is 1. The molecule has 0 saturated heterocycles. The van der Waals surface area contributed by atoms with Gasteiger partial charge in [-0.1, -0.05) is 29.8 Å². The SMILES string of the molecule is COc1cc(NC(=O)Cc2ccc(C3=CCCN(C(=O)OC(C)(C)C)C3)cc2F)ncc1Cl. The maximum Gasteiger partial charge on any atom is 0.410 e. The van der Waals surface area contributed by atoms with E-state index in [1.54, 1.807) is 17.0 Å². The summed E-state index contributed by atoms with van der Waals surface area (Å²) in [6, 6.07) is 6.20. The van der Waals surface area contributed by atoms with Gasteiger partial charge in [-0.2, -0.15) is 0 Å². The molecule has 0 saturated carbocycles. The summed E-state index contributed by atoms with van der Waals surface area (Å²) in [5, 5.41) is 2.93. The van der Waals surface area contributed by atoms with Gasteiger partial charge in [0.05, 0.1) is 19.7 Å². The van der Waals surface area contributed by atoms with Gasteiger partial charge in [0.25, 0.3) is 0 Å². The lowest BCUT2D eigenvalue weighted by Gasteiger charge is -2.30. The number of carbonyl (C=O) groups excluding carboxylic acids is 2. The molecule has 0 spiro atoms. The number of benzene rings is 1. The number of nitrogens with zero attached hydrogens (tertiary/aromatic N) is 2. The second kappa shape index (κ2) is 10.2. The van der Waals surface area contributed by atoms with Crippen molar-refractivity contribution in [2.75, 3.05) is 25.5 Å². The Kier molecular flexibility index (Phi) is 7.58. The highest BCUT2D eigenvalue weighted by Gasteiger charge is 2.25. The van der Waals surface area contributed by atoms with Gasteiger partial charge in [-0.25, -0.2) is 14.2 Å². The average molecular weight is 476 g/mol. The Bertz CT molecular complexity index is 1080. The topological polar surface area (TPSA) is 80.8 Å². The van der Waals surface area contributed by atoms with E-state index in [2.05, 4.69) is 10.3 Å². The standard InChI is InChI=1S/C24H27ClFN3O4/c1-24(2,3)33-23(31)29-9-5-6-17(14-29)15-7-8-16(19(26)10-15)11-22(30)28-21-12-20(32-4)18(25)13-27-21/h6-8,10,12-13H,5,9,11,14H2,1-4H3,(H,27,28,30). The molecule has 7 nitrogen and oxygen atoms in total. The van der Waals surface area contributed by atoms with Crippen LogP contribution in [0.4, 0.5) is 15.0 Å². The fraction of sp³-hybridized carbons (Fsp3) is 0.375. The largest absolute Gasteiger partial charge is 0.495 e. The zero-order valence-electron chi connectivity index (χ0n) is 19.1. The predicted octanol–water partition coefficient (Wildman–Crippen LogP) is 5.09. The Hall–Kier alpha value is -3.13. The molecule has 2 heterocycles. The van der Waals surface area contributed by atoms with Crippen molar-refractivity contribution in [2.45, 2.75) is 39.2 Å². The predicted molar refractivity (Wildman–Crippen MR) is 125 cm³/mol. The molecule has 9 heteroatoms. The van der Waals surface area contributed by atoms with E-state index in [-0.39, 0.29) is 17.8 Å². The second-order valence-electron chi connectivity index (χ2n) is 8.66. The molecule has 0 bridgehead atoms. The number of ether oxygens (including phenoxy) is 2. The highest BCUT2D eigenvalue weighted by molar-refractivity contribution is 6.32. The van der Waals surface area contributed by atoms with E-state index < -0.39 is 23.4 Å². The molecule has 2 amide bonds. The van der Waals surface area contributed by atoms with Gasteiger partial charge in [-0.05, 0) is 50.0 Å². The molecule has 2 aromatic rings. The number of methoxy groups -OCH3 is 1. The normalized spacial score (nSPS) is 13.9.